The fourth-order valence-electron chi connectivity index (χ4n) is 1.74. The molecular weight excluding hydrogens is 238 g/mol. The second-order valence-corrected chi connectivity index (χ2v) is 4.96. The summed E-state index contributed by atoms with van der Waals surface area (Å²) < 4.78 is 0. The van der Waals surface area contributed by atoms with E-state index in [-0.39, 0.29) is 11.7 Å². The summed E-state index contributed by atoms with van der Waals surface area (Å²) >= 11 is 1.84. The molecule has 5 nitrogen and oxygen atoms in total. The summed E-state index contributed by atoms with van der Waals surface area (Å²) in [6.07, 6.45) is 1.02. The third-order valence-electron chi connectivity index (χ3n) is 2.61. The summed E-state index contributed by atoms with van der Waals surface area (Å²) in [4.78, 5) is 10.5. The van der Waals surface area contributed by atoms with Crippen molar-refractivity contribution < 1.29 is 4.92 Å². The summed E-state index contributed by atoms with van der Waals surface area (Å²) in [5.41, 5.74) is 0.783. The van der Waals surface area contributed by atoms with Gasteiger partial charge in [0.1, 0.15) is 5.69 Å². The Hall–Kier alpha value is -1.74. The van der Waals surface area contributed by atoms with Crippen LogP contribution in [0, 0.1) is 21.4 Å². The molecule has 0 saturated carbocycles. The van der Waals surface area contributed by atoms with Crippen LogP contribution in [-0.4, -0.2) is 22.5 Å². The van der Waals surface area contributed by atoms with Gasteiger partial charge in [-0.05, 0) is 24.3 Å². The normalized spacial score (nSPS) is 18.6. The number of nitro benzene ring substituents is 1. The van der Waals surface area contributed by atoms with Crippen molar-refractivity contribution in [2.75, 3.05) is 16.8 Å². The summed E-state index contributed by atoms with van der Waals surface area (Å²) in [5, 5.41) is 22.8. The third kappa shape index (κ3) is 2.68. The first kappa shape index (κ1) is 11.7. The topological polar surface area (TPSA) is 79.0 Å². The van der Waals surface area contributed by atoms with Crippen molar-refractivity contribution in [2.24, 2.45) is 0 Å². The lowest BCUT2D eigenvalue weighted by Gasteiger charge is -2.12. The van der Waals surface area contributed by atoms with Gasteiger partial charge in [-0.25, -0.2) is 0 Å². The van der Waals surface area contributed by atoms with E-state index < -0.39 is 4.92 Å². The number of thioether (sulfide) groups is 1. The van der Waals surface area contributed by atoms with Crippen LogP contribution in [0.25, 0.3) is 0 Å². The average Bonchev–Trinajstić information content (AvgIpc) is 2.82. The standard InChI is InChI=1S/C11H11N3O2S/c12-6-8-1-2-10(11(5-8)14(15)16)13-9-3-4-17-7-9/h1-2,5,9,13H,3-4,7H2. The molecule has 0 bridgehead atoms. The molecule has 0 amide bonds. The zero-order valence-corrected chi connectivity index (χ0v) is 9.87. The molecule has 0 spiro atoms. The molecule has 1 atom stereocenters. The van der Waals surface area contributed by atoms with E-state index in [0.717, 1.165) is 17.9 Å². The molecule has 1 aromatic carbocycles. The van der Waals surface area contributed by atoms with Crippen LogP contribution >= 0.6 is 11.8 Å². The molecule has 0 radical (unpaired) electrons. The van der Waals surface area contributed by atoms with Gasteiger partial charge in [0.25, 0.3) is 5.69 Å². The Labute approximate surface area is 103 Å². The summed E-state index contributed by atoms with van der Waals surface area (Å²) in [5.74, 6) is 2.05. The largest absolute Gasteiger partial charge is 0.376 e. The van der Waals surface area contributed by atoms with E-state index in [2.05, 4.69) is 5.32 Å². The number of nitriles is 1. The zero-order valence-electron chi connectivity index (χ0n) is 9.05. The molecule has 1 heterocycles. The van der Waals surface area contributed by atoms with Crippen LogP contribution in [-0.2, 0) is 0 Å². The van der Waals surface area contributed by atoms with Crippen molar-refractivity contribution in [2.45, 2.75) is 12.5 Å². The molecule has 88 valence electrons. The minimum absolute atomic E-state index is 0.0269. The van der Waals surface area contributed by atoms with Crippen LogP contribution in [0.5, 0.6) is 0 Å². The summed E-state index contributed by atoms with van der Waals surface area (Å²) in [7, 11) is 0. The van der Waals surface area contributed by atoms with Gasteiger partial charge in [-0.2, -0.15) is 17.0 Å². The number of benzene rings is 1. The molecule has 1 aliphatic heterocycles. The predicted octanol–water partition coefficient (Wildman–Crippen LogP) is 2.38. The van der Waals surface area contributed by atoms with Gasteiger partial charge >= 0.3 is 0 Å². The molecular formula is C11H11N3O2S. The SMILES string of the molecule is N#Cc1ccc(NC2CCSC2)c([N+](=O)[O-])c1. The Bertz CT molecular complexity index is 478. The zero-order chi connectivity index (χ0) is 12.3. The first-order chi connectivity index (χ1) is 8.20. The molecule has 1 saturated heterocycles. The maximum Gasteiger partial charge on any atom is 0.293 e. The Morgan fingerprint density at radius 2 is 2.41 bits per heavy atom. The number of nitrogens with zero attached hydrogens (tertiary/aromatic N) is 2. The Morgan fingerprint density at radius 3 is 3.00 bits per heavy atom. The van der Waals surface area contributed by atoms with Crippen molar-refractivity contribution in [3.05, 3.63) is 33.9 Å². The average molecular weight is 249 g/mol. The van der Waals surface area contributed by atoms with E-state index in [0.29, 0.717) is 11.3 Å². The molecule has 6 heteroatoms. The van der Waals surface area contributed by atoms with Gasteiger partial charge in [0.05, 0.1) is 16.6 Å². The lowest BCUT2D eigenvalue weighted by Crippen LogP contribution is -2.18. The fourth-order valence-corrected chi connectivity index (χ4v) is 2.89. The molecule has 1 unspecified atom stereocenters. The Kier molecular flexibility index (Phi) is 3.49. The highest BCUT2D eigenvalue weighted by Crippen LogP contribution is 2.28. The highest BCUT2D eigenvalue weighted by Gasteiger charge is 2.20. The first-order valence-corrected chi connectivity index (χ1v) is 6.39. The van der Waals surface area contributed by atoms with Crippen molar-refractivity contribution in [1.82, 2.24) is 0 Å². The minimum Gasteiger partial charge on any atom is -0.376 e. The van der Waals surface area contributed by atoms with Gasteiger partial charge < -0.3 is 5.32 Å². The van der Waals surface area contributed by atoms with Crippen LogP contribution in [0.2, 0.25) is 0 Å². The Balaban J connectivity index is 2.26. The van der Waals surface area contributed by atoms with Gasteiger partial charge in [-0.1, -0.05) is 0 Å². The van der Waals surface area contributed by atoms with Gasteiger partial charge in [0.15, 0.2) is 0 Å². The number of anilines is 1. The number of hydrogen-bond acceptors (Lipinski definition) is 5. The van der Waals surface area contributed by atoms with E-state index in [9.17, 15) is 10.1 Å². The minimum atomic E-state index is -0.453. The van der Waals surface area contributed by atoms with Crippen molar-refractivity contribution in [3.63, 3.8) is 0 Å². The number of hydrogen-bond donors (Lipinski definition) is 1. The predicted molar refractivity (Wildman–Crippen MR) is 67.2 cm³/mol. The lowest BCUT2D eigenvalue weighted by atomic mass is 10.1. The molecule has 2 rings (SSSR count). The van der Waals surface area contributed by atoms with Gasteiger partial charge in [0.2, 0.25) is 0 Å². The number of nitro groups is 1. The van der Waals surface area contributed by atoms with Crippen molar-refractivity contribution >= 4 is 23.1 Å². The van der Waals surface area contributed by atoms with Gasteiger partial charge in [0, 0.05) is 17.9 Å². The second kappa shape index (κ2) is 5.06. The number of nitrogens with one attached hydrogen (secondary N) is 1. The molecule has 1 N–H and O–H groups in total. The maximum absolute atomic E-state index is 10.9. The van der Waals surface area contributed by atoms with Gasteiger partial charge in [-0.15, -0.1) is 0 Å². The van der Waals surface area contributed by atoms with Gasteiger partial charge in [-0.3, -0.25) is 10.1 Å². The van der Waals surface area contributed by atoms with Crippen LogP contribution in [0.4, 0.5) is 11.4 Å². The van der Waals surface area contributed by atoms with Crippen LogP contribution in [0.1, 0.15) is 12.0 Å². The van der Waals surface area contributed by atoms with E-state index in [1.54, 1.807) is 12.1 Å². The van der Waals surface area contributed by atoms with E-state index >= 15 is 0 Å². The first-order valence-electron chi connectivity index (χ1n) is 5.23. The fraction of sp³-hybridized carbons (Fsp3) is 0.364. The van der Waals surface area contributed by atoms with Crippen molar-refractivity contribution in [1.29, 1.82) is 5.26 Å². The van der Waals surface area contributed by atoms with Crippen molar-refractivity contribution in [3.8, 4) is 6.07 Å². The summed E-state index contributed by atoms with van der Waals surface area (Å²) in [6, 6.07) is 6.71. The summed E-state index contributed by atoms with van der Waals surface area (Å²) in [6.45, 7) is 0. The maximum atomic E-state index is 10.9. The lowest BCUT2D eigenvalue weighted by molar-refractivity contribution is -0.384. The highest BCUT2D eigenvalue weighted by molar-refractivity contribution is 7.99. The molecule has 1 aliphatic rings. The van der Waals surface area contributed by atoms with E-state index in [1.807, 2.05) is 17.8 Å². The highest BCUT2D eigenvalue weighted by atomic mass is 32.2. The molecule has 1 fully saturated rings. The van der Waals surface area contributed by atoms with Crippen LogP contribution in [0.15, 0.2) is 18.2 Å². The second-order valence-electron chi connectivity index (χ2n) is 3.81. The quantitative estimate of drug-likeness (QED) is 0.657. The van der Waals surface area contributed by atoms with E-state index in [1.165, 1.54) is 6.07 Å². The Morgan fingerprint density at radius 1 is 1.59 bits per heavy atom. The molecule has 0 aliphatic carbocycles. The third-order valence-corrected chi connectivity index (χ3v) is 3.78. The smallest absolute Gasteiger partial charge is 0.293 e. The molecule has 1 aromatic rings. The molecule has 0 aromatic heterocycles. The van der Waals surface area contributed by atoms with E-state index in [4.69, 9.17) is 5.26 Å². The number of rotatable bonds is 3. The van der Waals surface area contributed by atoms with Crippen LogP contribution < -0.4 is 5.32 Å². The monoisotopic (exact) mass is 249 g/mol. The molecule has 17 heavy (non-hydrogen) atoms. The van der Waals surface area contributed by atoms with Crippen LogP contribution in [0.3, 0.4) is 0 Å².